The summed E-state index contributed by atoms with van der Waals surface area (Å²) in [4.78, 5) is 0. The minimum absolute atomic E-state index is 0.816. The molecule has 3 aromatic carbocycles. The number of aromatic nitrogens is 3. The van der Waals surface area contributed by atoms with Gasteiger partial charge in [-0.3, -0.25) is 0 Å². The largest absolute Gasteiger partial charge is 0.306 e. The number of fused-ring (bicyclic) bond motifs is 1. The molecular weight excluding hydrogens is 338 g/mol. The molecule has 4 aromatic rings. The first-order chi connectivity index (χ1) is 12.8. The van der Waals surface area contributed by atoms with Gasteiger partial charge in [-0.1, -0.05) is 84.6 Å². The first-order valence-corrected chi connectivity index (χ1v) is 9.89. The summed E-state index contributed by atoms with van der Waals surface area (Å²) in [5, 5.41) is 12.5. The average molecular weight is 359 g/mol. The molecule has 3 nitrogen and oxygen atoms in total. The van der Waals surface area contributed by atoms with Crippen LogP contribution in [0.3, 0.4) is 0 Å². The molecule has 1 aromatic heterocycles. The van der Waals surface area contributed by atoms with Gasteiger partial charge < -0.3 is 4.57 Å². The average Bonchev–Trinajstić information content (AvgIpc) is 3.08. The summed E-state index contributed by atoms with van der Waals surface area (Å²) < 4.78 is 2.22. The van der Waals surface area contributed by atoms with Crippen LogP contribution in [-0.2, 0) is 18.7 Å². The van der Waals surface area contributed by atoms with Gasteiger partial charge in [-0.05, 0) is 28.8 Å². The molecule has 26 heavy (non-hydrogen) atoms. The summed E-state index contributed by atoms with van der Waals surface area (Å²) in [7, 11) is 0. The van der Waals surface area contributed by atoms with Gasteiger partial charge in [0.2, 0.25) is 0 Å². The summed E-state index contributed by atoms with van der Waals surface area (Å²) in [5.74, 6) is 1.92. The van der Waals surface area contributed by atoms with Crippen LogP contribution >= 0.6 is 11.8 Å². The summed E-state index contributed by atoms with van der Waals surface area (Å²) in [6, 6.07) is 25.5. The lowest BCUT2D eigenvalue weighted by molar-refractivity contribution is 0.651. The third-order valence-corrected chi connectivity index (χ3v) is 5.57. The second-order valence-electron chi connectivity index (χ2n) is 6.23. The molecule has 0 saturated heterocycles. The van der Waals surface area contributed by atoms with Crippen LogP contribution in [0.15, 0.2) is 78.0 Å². The van der Waals surface area contributed by atoms with E-state index in [0.29, 0.717) is 0 Å². The summed E-state index contributed by atoms with van der Waals surface area (Å²) in [6.45, 7) is 3.03. The molecule has 4 heteroatoms. The van der Waals surface area contributed by atoms with Crippen molar-refractivity contribution in [2.45, 2.75) is 30.8 Å². The van der Waals surface area contributed by atoms with E-state index in [9.17, 15) is 0 Å². The molecule has 0 N–H and O–H groups in total. The zero-order valence-corrected chi connectivity index (χ0v) is 15.6. The van der Waals surface area contributed by atoms with E-state index in [1.54, 1.807) is 11.8 Å². The van der Waals surface area contributed by atoms with E-state index < -0.39 is 0 Å². The van der Waals surface area contributed by atoms with Crippen LogP contribution in [0.2, 0.25) is 0 Å². The van der Waals surface area contributed by atoms with Gasteiger partial charge in [0.05, 0.1) is 0 Å². The van der Waals surface area contributed by atoms with E-state index in [-0.39, 0.29) is 0 Å². The number of thioether (sulfide) groups is 1. The molecule has 4 rings (SSSR count). The van der Waals surface area contributed by atoms with Gasteiger partial charge in [0.1, 0.15) is 5.82 Å². The minimum Gasteiger partial charge on any atom is -0.306 e. The number of hydrogen-bond acceptors (Lipinski definition) is 3. The fourth-order valence-electron chi connectivity index (χ4n) is 3.21. The number of nitrogens with zero attached hydrogens (tertiary/aromatic N) is 3. The van der Waals surface area contributed by atoms with Crippen molar-refractivity contribution < 1.29 is 0 Å². The van der Waals surface area contributed by atoms with E-state index in [1.807, 2.05) is 6.07 Å². The van der Waals surface area contributed by atoms with Gasteiger partial charge in [0.15, 0.2) is 5.16 Å². The van der Waals surface area contributed by atoms with Crippen LogP contribution in [0.4, 0.5) is 0 Å². The molecule has 0 radical (unpaired) electrons. The van der Waals surface area contributed by atoms with Crippen molar-refractivity contribution in [3.05, 3.63) is 89.7 Å². The lowest BCUT2D eigenvalue weighted by Gasteiger charge is -2.09. The predicted octanol–water partition coefficient (Wildman–Crippen LogP) is 5.33. The number of rotatable bonds is 6. The Morgan fingerprint density at radius 2 is 1.62 bits per heavy atom. The molecule has 0 spiro atoms. The van der Waals surface area contributed by atoms with Crippen LogP contribution in [0.1, 0.15) is 23.9 Å². The Hall–Kier alpha value is -2.59. The summed E-state index contributed by atoms with van der Waals surface area (Å²) in [6.07, 6.45) is 0.816. The first kappa shape index (κ1) is 16.9. The van der Waals surface area contributed by atoms with Crippen LogP contribution in [-0.4, -0.2) is 14.8 Å². The van der Waals surface area contributed by atoms with Crippen molar-refractivity contribution in [3.8, 4) is 0 Å². The van der Waals surface area contributed by atoms with Gasteiger partial charge in [-0.25, -0.2) is 0 Å². The Balaban J connectivity index is 1.55. The highest BCUT2D eigenvalue weighted by Gasteiger charge is 2.12. The van der Waals surface area contributed by atoms with E-state index >= 15 is 0 Å². The van der Waals surface area contributed by atoms with Crippen molar-refractivity contribution in [3.63, 3.8) is 0 Å². The predicted molar refractivity (Wildman–Crippen MR) is 108 cm³/mol. The van der Waals surface area contributed by atoms with Gasteiger partial charge >= 0.3 is 0 Å². The highest BCUT2D eigenvalue weighted by atomic mass is 32.2. The summed E-state index contributed by atoms with van der Waals surface area (Å²) in [5.41, 5.74) is 2.60. The van der Waals surface area contributed by atoms with Crippen LogP contribution in [0, 0.1) is 0 Å². The van der Waals surface area contributed by atoms with E-state index in [1.165, 1.54) is 21.9 Å². The van der Waals surface area contributed by atoms with E-state index in [0.717, 1.165) is 29.7 Å². The molecule has 0 amide bonds. The van der Waals surface area contributed by atoms with Crippen molar-refractivity contribution in [2.24, 2.45) is 0 Å². The monoisotopic (exact) mass is 359 g/mol. The second-order valence-corrected chi connectivity index (χ2v) is 7.17. The Labute approximate surface area is 158 Å². The second kappa shape index (κ2) is 7.75. The normalized spacial score (nSPS) is 11.1. The molecule has 0 aliphatic carbocycles. The quantitative estimate of drug-likeness (QED) is 0.436. The smallest absolute Gasteiger partial charge is 0.191 e. The first-order valence-electron chi connectivity index (χ1n) is 8.90. The third kappa shape index (κ3) is 3.51. The van der Waals surface area contributed by atoms with Crippen molar-refractivity contribution >= 4 is 22.5 Å². The number of benzene rings is 3. The lowest BCUT2D eigenvalue weighted by Crippen LogP contribution is -2.04. The standard InChI is InChI=1S/C22H21N3S/c1-2-25-21(15-17-9-4-3-5-10-17)23-24-22(25)26-16-19-13-8-12-18-11-6-7-14-20(18)19/h3-14H,2,15-16H2,1H3. The fourth-order valence-corrected chi connectivity index (χ4v) is 4.24. The van der Waals surface area contributed by atoms with Crippen LogP contribution in [0.5, 0.6) is 0 Å². The molecule has 0 bridgehead atoms. The molecule has 1 heterocycles. The van der Waals surface area contributed by atoms with Gasteiger partial charge in [0, 0.05) is 18.7 Å². The maximum atomic E-state index is 4.45. The highest BCUT2D eigenvalue weighted by Crippen LogP contribution is 2.27. The highest BCUT2D eigenvalue weighted by molar-refractivity contribution is 7.98. The molecule has 0 fully saturated rings. The van der Waals surface area contributed by atoms with Gasteiger partial charge in [-0.15, -0.1) is 10.2 Å². The molecule has 0 aliphatic heterocycles. The third-order valence-electron chi connectivity index (χ3n) is 4.55. The zero-order valence-electron chi connectivity index (χ0n) is 14.8. The lowest BCUT2D eigenvalue weighted by atomic mass is 10.1. The van der Waals surface area contributed by atoms with Crippen molar-refractivity contribution in [1.82, 2.24) is 14.8 Å². The van der Waals surface area contributed by atoms with Crippen LogP contribution < -0.4 is 0 Å². The molecule has 0 unspecified atom stereocenters. The number of hydrogen-bond donors (Lipinski definition) is 0. The topological polar surface area (TPSA) is 30.7 Å². The van der Waals surface area contributed by atoms with Crippen molar-refractivity contribution in [1.29, 1.82) is 0 Å². The molecule has 0 aliphatic rings. The van der Waals surface area contributed by atoms with Gasteiger partial charge in [-0.2, -0.15) is 0 Å². The Kier molecular flexibility index (Phi) is 5.02. The Bertz CT molecular complexity index is 1000. The maximum Gasteiger partial charge on any atom is 0.191 e. The zero-order chi connectivity index (χ0) is 17.8. The molecule has 0 atom stereocenters. The minimum atomic E-state index is 0.816. The molecular formula is C22H21N3S. The Morgan fingerprint density at radius 1 is 0.846 bits per heavy atom. The Morgan fingerprint density at radius 3 is 2.46 bits per heavy atom. The van der Waals surface area contributed by atoms with E-state index in [2.05, 4.69) is 88.4 Å². The maximum absolute atomic E-state index is 4.45. The van der Waals surface area contributed by atoms with Crippen molar-refractivity contribution in [2.75, 3.05) is 0 Å². The fraction of sp³-hybridized carbons (Fsp3) is 0.182. The molecule has 0 saturated carbocycles. The molecule has 130 valence electrons. The SMILES string of the molecule is CCn1c(Cc2ccccc2)nnc1SCc1cccc2ccccc12. The van der Waals surface area contributed by atoms with Gasteiger partial charge in [0.25, 0.3) is 0 Å². The van der Waals surface area contributed by atoms with E-state index in [4.69, 9.17) is 0 Å². The summed E-state index contributed by atoms with van der Waals surface area (Å²) >= 11 is 1.76. The van der Waals surface area contributed by atoms with Crippen LogP contribution in [0.25, 0.3) is 10.8 Å².